The van der Waals surface area contributed by atoms with E-state index in [0.29, 0.717) is 0 Å². The largest absolute Gasteiger partial charge is 0.459 e. The monoisotopic (exact) mass is 332 g/mol. The number of benzene rings is 1. The molecule has 2 nitrogen and oxygen atoms in total. The van der Waals surface area contributed by atoms with Gasteiger partial charge in [0, 0.05) is 12.0 Å². The normalized spacial score (nSPS) is 14.8. The van der Waals surface area contributed by atoms with Crippen LogP contribution in [0.1, 0.15) is 35.4 Å². The quantitative estimate of drug-likeness (QED) is 0.650. The molecule has 0 fully saturated rings. The molecule has 0 bridgehead atoms. The van der Waals surface area contributed by atoms with Gasteiger partial charge in [0.1, 0.15) is 0 Å². The number of ketones is 1. The molecule has 0 aliphatic heterocycles. The maximum absolute atomic E-state index is 13.3. The van der Waals surface area contributed by atoms with E-state index in [1.54, 1.807) is 0 Å². The Bertz CT molecular complexity index is 552. The standard InChI is InChI=1S/C13H11F7O2/c1-7(21)8-4-2-3-5-9(8)10(22)6-11(14,15)12(16,17)13(18,19)20/h2-5,10,22H,6H2,1H3. The van der Waals surface area contributed by atoms with Gasteiger partial charge in [0.15, 0.2) is 5.78 Å². The molecule has 0 saturated carbocycles. The van der Waals surface area contributed by atoms with Gasteiger partial charge in [-0.2, -0.15) is 30.7 Å². The molecular weight excluding hydrogens is 321 g/mol. The molecule has 0 aromatic heterocycles. The molecule has 0 radical (unpaired) electrons. The highest BCUT2D eigenvalue weighted by Gasteiger charge is 2.72. The third-order valence-corrected chi connectivity index (χ3v) is 2.96. The van der Waals surface area contributed by atoms with Crippen LogP contribution in [0.5, 0.6) is 0 Å². The zero-order chi connectivity index (χ0) is 17.3. The first-order chi connectivity index (χ1) is 9.81. The maximum atomic E-state index is 13.3. The fraction of sp³-hybridized carbons (Fsp3) is 0.462. The Kier molecular flexibility index (Phi) is 4.91. The highest BCUT2D eigenvalue weighted by atomic mass is 19.4. The van der Waals surface area contributed by atoms with Gasteiger partial charge in [0.05, 0.1) is 6.10 Å². The summed E-state index contributed by atoms with van der Waals surface area (Å²) in [6, 6.07) is 4.70. The topological polar surface area (TPSA) is 37.3 Å². The van der Waals surface area contributed by atoms with E-state index >= 15 is 0 Å². The van der Waals surface area contributed by atoms with Crippen LogP contribution < -0.4 is 0 Å². The smallest absolute Gasteiger partial charge is 0.388 e. The van der Waals surface area contributed by atoms with Crippen LogP contribution in [-0.2, 0) is 0 Å². The molecule has 1 rings (SSSR count). The predicted octanol–water partition coefficient (Wildman–Crippen LogP) is 4.15. The highest BCUT2D eigenvalue weighted by molar-refractivity contribution is 5.95. The molecule has 124 valence electrons. The van der Waals surface area contributed by atoms with Gasteiger partial charge in [-0.1, -0.05) is 24.3 Å². The Morgan fingerprint density at radius 2 is 1.59 bits per heavy atom. The van der Waals surface area contributed by atoms with Crippen LogP contribution in [0, 0.1) is 0 Å². The van der Waals surface area contributed by atoms with Crippen LogP contribution in [0.2, 0.25) is 0 Å². The van der Waals surface area contributed by atoms with Crippen LogP contribution in [-0.4, -0.2) is 28.9 Å². The van der Waals surface area contributed by atoms with Crippen LogP contribution in [0.3, 0.4) is 0 Å². The SMILES string of the molecule is CC(=O)c1ccccc1C(O)CC(F)(F)C(F)(F)C(F)(F)F. The second kappa shape index (κ2) is 5.86. The van der Waals surface area contributed by atoms with Gasteiger partial charge in [0.25, 0.3) is 0 Å². The summed E-state index contributed by atoms with van der Waals surface area (Å²) in [5.41, 5.74) is -0.672. The first kappa shape index (κ1) is 18.4. The molecule has 1 aromatic carbocycles. The summed E-state index contributed by atoms with van der Waals surface area (Å²) >= 11 is 0. The maximum Gasteiger partial charge on any atom is 0.459 e. The number of carbonyl (C=O) groups is 1. The van der Waals surface area contributed by atoms with Gasteiger partial charge in [-0.3, -0.25) is 4.79 Å². The number of carbonyl (C=O) groups excluding carboxylic acids is 1. The zero-order valence-corrected chi connectivity index (χ0v) is 11.1. The van der Waals surface area contributed by atoms with Gasteiger partial charge >= 0.3 is 18.0 Å². The molecule has 22 heavy (non-hydrogen) atoms. The average Bonchev–Trinajstić information content (AvgIpc) is 2.36. The van der Waals surface area contributed by atoms with Gasteiger partial charge < -0.3 is 5.11 Å². The predicted molar refractivity (Wildman–Crippen MR) is 62.0 cm³/mol. The Morgan fingerprint density at radius 3 is 2.05 bits per heavy atom. The summed E-state index contributed by atoms with van der Waals surface area (Å²) in [6.45, 7) is 1.04. The van der Waals surface area contributed by atoms with Crippen molar-refractivity contribution in [3.8, 4) is 0 Å². The molecule has 1 unspecified atom stereocenters. The number of aliphatic hydroxyl groups excluding tert-OH is 1. The van der Waals surface area contributed by atoms with E-state index in [1.165, 1.54) is 12.1 Å². The van der Waals surface area contributed by atoms with Crippen molar-refractivity contribution < 1.29 is 40.6 Å². The second-order valence-electron chi connectivity index (χ2n) is 4.64. The third-order valence-electron chi connectivity index (χ3n) is 2.96. The zero-order valence-electron chi connectivity index (χ0n) is 11.1. The Balaban J connectivity index is 3.12. The summed E-state index contributed by atoms with van der Waals surface area (Å²) in [5, 5.41) is 9.58. The van der Waals surface area contributed by atoms with Crippen molar-refractivity contribution in [2.24, 2.45) is 0 Å². The molecule has 1 aromatic rings. The lowest BCUT2D eigenvalue weighted by atomic mass is 9.94. The number of aliphatic hydroxyl groups is 1. The van der Waals surface area contributed by atoms with Gasteiger partial charge in [-0.15, -0.1) is 0 Å². The van der Waals surface area contributed by atoms with Gasteiger partial charge in [-0.05, 0) is 12.5 Å². The third kappa shape index (κ3) is 3.40. The molecule has 9 heteroatoms. The average molecular weight is 332 g/mol. The fourth-order valence-corrected chi connectivity index (χ4v) is 1.80. The number of hydrogen-bond donors (Lipinski definition) is 1. The first-order valence-corrected chi connectivity index (χ1v) is 5.91. The number of Topliss-reactive ketones (excluding diaryl/α,β-unsaturated/α-hetero) is 1. The van der Waals surface area contributed by atoms with Crippen LogP contribution in [0.4, 0.5) is 30.7 Å². The Morgan fingerprint density at radius 1 is 1.09 bits per heavy atom. The minimum atomic E-state index is -6.46. The lowest BCUT2D eigenvalue weighted by Crippen LogP contribution is -2.52. The van der Waals surface area contributed by atoms with Crippen molar-refractivity contribution in [1.82, 2.24) is 0 Å². The minimum Gasteiger partial charge on any atom is -0.388 e. The second-order valence-corrected chi connectivity index (χ2v) is 4.64. The molecule has 0 aliphatic rings. The fourth-order valence-electron chi connectivity index (χ4n) is 1.80. The first-order valence-electron chi connectivity index (χ1n) is 5.91. The van der Waals surface area contributed by atoms with Gasteiger partial charge in [0.2, 0.25) is 0 Å². The lowest BCUT2D eigenvalue weighted by Gasteiger charge is -2.30. The van der Waals surface area contributed by atoms with E-state index in [1.807, 2.05) is 0 Å². The van der Waals surface area contributed by atoms with Crippen molar-refractivity contribution in [2.45, 2.75) is 37.5 Å². The van der Waals surface area contributed by atoms with E-state index < -0.39 is 41.9 Å². The summed E-state index contributed by atoms with van der Waals surface area (Å²) in [7, 11) is 0. The number of halogens is 7. The molecular formula is C13H11F7O2. The molecule has 0 amide bonds. The Hall–Kier alpha value is -1.64. The number of rotatable bonds is 5. The van der Waals surface area contributed by atoms with E-state index in [2.05, 4.69) is 0 Å². The van der Waals surface area contributed by atoms with Crippen molar-refractivity contribution >= 4 is 5.78 Å². The van der Waals surface area contributed by atoms with Crippen molar-refractivity contribution in [3.05, 3.63) is 35.4 Å². The molecule has 1 N–H and O–H groups in total. The minimum absolute atomic E-state index is 0.235. The molecule has 0 aliphatic carbocycles. The summed E-state index contributed by atoms with van der Waals surface area (Å²) in [5.74, 6) is -12.5. The summed E-state index contributed by atoms with van der Waals surface area (Å²) in [6.07, 6.45) is -11.0. The molecule has 0 saturated heterocycles. The summed E-state index contributed by atoms with van der Waals surface area (Å²) < 4.78 is 88.2. The van der Waals surface area contributed by atoms with Crippen molar-refractivity contribution in [3.63, 3.8) is 0 Å². The van der Waals surface area contributed by atoms with Crippen LogP contribution in [0.15, 0.2) is 24.3 Å². The van der Waals surface area contributed by atoms with Gasteiger partial charge in [-0.25, -0.2) is 0 Å². The molecule has 0 heterocycles. The molecule has 1 atom stereocenters. The Labute approximate surface area is 120 Å². The van der Waals surface area contributed by atoms with Crippen molar-refractivity contribution in [2.75, 3.05) is 0 Å². The van der Waals surface area contributed by atoms with Crippen LogP contribution in [0.25, 0.3) is 0 Å². The lowest BCUT2D eigenvalue weighted by molar-refractivity contribution is -0.358. The summed E-state index contributed by atoms with van der Waals surface area (Å²) in [4.78, 5) is 11.3. The highest BCUT2D eigenvalue weighted by Crippen LogP contribution is 2.49. The molecule has 0 spiro atoms. The van der Waals surface area contributed by atoms with E-state index in [0.717, 1.165) is 19.1 Å². The van der Waals surface area contributed by atoms with Crippen LogP contribution >= 0.6 is 0 Å². The number of alkyl halides is 7. The number of hydrogen-bond acceptors (Lipinski definition) is 2. The van der Waals surface area contributed by atoms with E-state index in [9.17, 15) is 40.6 Å². The van der Waals surface area contributed by atoms with E-state index in [-0.39, 0.29) is 5.56 Å². The van der Waals surface area contributed by atoms with E-state index in [4.69, 9.17) is 0 Å². The van der Waals surface area contributed by atoms with Crippen molar-refractivity contribution in [1.29, 1.82) is 0 Å².